The van der Waals surface area contributed by atoms with Gasteiger partial charge in [-0.25, -0.2) is 0 Å². The molecule has 230 valence electrons. The van der Waals surface area contributed by atoms with Crippen LogP contribution in [0.4, 0.5) is 0 Å². The summed E-state index contributed by atoms with van der Waals surface area (Å²) in [6.07, 6.45) is -4.72. The predicted molar refractivity (Wildman–Crippen MR) is 159 cm³/mol. The second kappa shape index (κ2) is 14.2. The molecule has 2 aromatic carbocycles. The third kappa shape index (κ3) is 7.30. The molecular formula is C32H32N2O9S. The molecule has 2 aliphatic heterocycles. The Kier molecular flexibility index (Phi) is 10.5. The average molecular weight is 621 g/mol. The second-order valence-corrected chi connectivity index (χ2v) is 10.5. The molecule has 0 spiro atoms. The van der Waals surface area contributed by atoms with Crippen molar-refractivity contribution >= 4 is 42.2 Å². The van der Waals surface area contributed by atoms with Crippen molar-refractivity contribution in [2.24, 2.45) is 0 Å². The van der Waals surface area contributed by atoms with Crippen LogP contribution in [0, 0.1) is 11.3 Å². The quantitative estimate of drug-likeness (QED) is 0.261. The topological polar surface area (TPSA) is 141 Å². The summed E-state index contributed by atoms with van der Waals surface area (Å²) in [7, 11) is 0. The maximum atomic E-state index is 12.5. The molecule has 6 atom stereocenters. The Labute approximate surface area is 260 Å². The molecule has 6 unspecified atom stereocenters. The van der Waals surface area contributed by atoms with Crippen LogP contribution in [0.5, 0.6) is 0 Å². The van der Waals surface area contributed by atoms with Crippen molar-refractivity contribution < 1.29 is 42.9 Å². The second-order valence-electron chi connectivity index (χ2n) is 10.1. The van der Waals surface area contributed by atoms with E-state index >= 15 is 0 Å². The lowest BCUT2D eigenvalue weighted by Crippen LogP contribution is -2.65. The average Bonchev–Trinajstić information content (AvgIpc) is 2.98. The van der Waals surface area contributed by atoms with Crippen LogP contribution in [0.3, 0.4) is 0 Å². The number of carbonyl (C=O) groups excluding carboxylic acids is 4. The standard InChI is InChI=1S/C32H32N2O9S/c1-18(35)39-17-27-28(40-19(2)36)29(41-20(3)37)30(42-21(4)38)31(43-27)34-26(23-13-9-6-10-14-23)15-24(25(16-33)32(34)44)22-11-7-5-8-12-22/h5-15,24,27-31,44H,17H2,1-4H3. The van der Waals surface area contributed by atoms with Crippen LogP contribution >= 0.6 is 12.6 Å². The van der Waals surface area contributed by atoms with Gasteiger partial charge in [-0.1, -0.05) is 60.7 Å². The Hall–Kier alpha value is -4.60. The number of esters is 4. The smallest absolute Gasteiger partial charge is 0.303 e. The molecule has 2 aliphatic rings. The SMILES string of the molecule is CC(=O)OCC1OC(N2C(c3ccccc3)=CC(c3ccccc3)C(C#N)=C2S)C(OC(C)=O)C(OC(C)=O)C1OC(C)=O. The van der Waals surface area contributed by atoms with E-state index in [-0.39, 0.29) is 10.6 Å². The van der Waals surface area contributed by atoms with Gasteiger partial charge >= 0.3 is 23.9 Å². The minimum absolute atomic E-state index is 0.184. The summed E-state index contributed by atoms with van der Waals surface area (Å²) < 4.78 is 28.5. The molecule has 0 N–H and O–H groups in total. The number of hydrogen-bond donors (Lipinski definition) is 1. The molecule has 4 rings (SSSR count). The molecule has 0 aliphatic carbocycles. The first kappa shape index (κ1) is 32.3. The number of nitriles is 1. The van der Waals surface area contributed by atoms with Gasteiger partial charge in [0.2, 0.25) is 0 Å². The number of benzene rings is 2. The van der Waals surface area contributed by atoms with Crippen molar-refractivity contribution in [2.75, 3.05) is 6.61 Å². The van der Waals surface area contributed by atoms with Crippen LogP contribution in [0.25, 0.3) is 5.70 Å². The minimum Gasteiger partial charge on any atom is -0.463 e. The van der Waals surface area contributed by atoms with Crippen LogP contribution in [0.2, 0.25) is 0 Å². The third-order valence-electron chi connectivity index (χ3n) is 6.93. The fourth-order valence-corrected chi connectivity index (χ4v) is 5.67. The van der Waals surface area contributed by atoms with E-state index in [0.717, 1.165) is 19.4 Å². The molecule has 1 fully saturated rings. The highest BCUT2D eigenvalue weighted by Gasteiger charge is 2.55. The molecule has 0 radical (unpaired) electrons. The van der Waals surface area contributed by atoms with E-state index in [1.807, 2.05) is 66.7 Å². The number of ether oxygens (including phenoxy) is 5. The lowest BCUT2D eigenvalue weighted by Gasteiger charge is -2.49. The molecule has 0 aromatic heterocycles. The highest BCUT2D eigenvalue weighted by Crippen LogP contribution is 2.45. The number of allylic oxidation sites excluding steroid dienone is 2. The predicted octanol–water partition coefficient (Wildman–Crippen LogP) is 3.87. The van der Waals surface area contributed by atoms with Gasteiger partial charge in [-0.15, -0.1) is 12.6 Å². The molecule has 0 bridgehead atoms. The van der Waals surface area contributed by atoms with Crippen LogP contribution < -0.4 is 0 Å². The van der Waals surface area contributed by atoms with Gasteiger partial charge in [0.15, 0.2) is 24.5 Å². The molecule has 1 saturated heterocycles. The normalized spacial score (nSPS) is 24.8. The summed E-state index contributed by atoms with van der Waals surface area (Å²) >= 11 is 4.83. The van der Waals surface area contributed by atoms with Crippen LogP contribution in [0.1, 0.15) is 44.7 Å². The summed E-state index contributed by atoms with van der Waals surface area (Å²) in [6.45, 7) is 4.28. The summed E-state index contributed by atoms with van der Waals surface area (Å²) in [4.78, 5) is 50.4. The van der Waals surface area contributed by atoms with Gasteiger partial charge < -0.3 is 28.6 Å². The van der Waals surface area contributed by atoms with Gasteiger partial charge in [0.1, 0.15) is 12.7 Å². The molecule has 2 aromatic rings. The van der Waals surface area contributed by atoms with Gasteiger partial charge in [-0.3, -0.25) is 19.2 Å². The Morgan fingerprint density at radius 3 is 1.91 bits per heavy atom. The van der Waals surface area contributed by atoms with E-state index in [1.54, 1.807) is 4.90 Å². The summed E-state index contributed by atoms with van der Waals surface area (Å²) in [6, 6.07) is 20.9. The zero-order chi connectivity index (χ0) is 32.0. The van der Waals surface area contributed by atoms with Gasteiger partial charge in [-0.05, 0) is 17.2 Å². The van der Waals surface area contributed by atoms with Crippen molar-refractivity contribution in [3.05, 3.63) is 88.5 Å². The van der Waals surface area contributed by atoms with Gasteiger partial charge in [0, 0.05) is 39.3 Å². The van der Waals surface area contributed by atoms with E-state index in [2.05, 4.69) is 6.07 Å². The molecule has 0 amide bonds. The van der Waals surface area contributed by atoms with Crippen LogP contribution in [0.15, 0.2) is 77.3 Å². The van der Waals surface area contributed by atoms with E-state index in [1.165, 1.54) is 13.8 Å². The van der Waals surface area contributed by atoms with Crippen molar-refractivity contribution in [1.82, 2.24) is 4.90 Å². The molecule has 0 saturated carbocycles. The fraction of sp³-hybridized carbons (Fsp3) is 0.344. The summed E-state index contributed by atoms with van der Waals surface area (Å²) in [5.41, 5.74) is 2.37. The zero-order valence-electron chi connectivity index (χ0n) is 24.5. The largest absolute Gasteiger partial charge is 0.463 e. The monoisotopic (exact) mass is 620 g/mol. The van der Waals surface area contributed by atoms with Crippen LogP contribution in [-0.2, 0) is 42.9 Å². The number of rotatable bonds is 8. The van der Waals surface area contributed by atoms with Gasteiger partial charge in [0.25, 0.3) is 0 Å². The summed E-state index contributed by atoms with van der Waals surface area (Å²) in [5, 5.41) is 10.5. The van der Waals surface area contributed by atoms with Crippen molar-refractivity contribution in [1.29, 1.82) is 5.26 Å². The van der Waals surface area contributed by atoms with Gasteiger partial charge in [0.05, 0.1) is 16.7 Å². The Morgan fingerprint density at radius 2 is 1.36 bits per heavy atom. The maximum Gasteiger partial charge on any atom is 0.303 e. The first-order valence-electron chi connectivity index (χ1n) is 13.8. The lowest BCUT2D eigenvalue weighted by atomic mass is 9.86. The molecule has 44 heavy (non-hydrogen) atoms. The minimum atomic E-state index is -1.39. The number of nitrogens with zero attached hydrogens (tertiary/aromatic N) is 2. The Bertz CT molecular complexity index is 1500. The molecule has 11 nitrogen and oxygen atoms in total. The Balaban J connectivity index is 1.94. The van der Waals surface area contributed by atoms with Crippen molar-refractivity contribution in [3.63, 3.8) is 0 Å². The first-order valence-corrected chi connectivity index (χ1v) is 14.2. The first-order chi connectivity index (χ1) is 21.0. The third-order valence-corrected chi connectivity index (χ3v) is 7.39. The number of hydrogen-bond acceptors (Lipinski definition) is 12. The zero-order valence-corrected chi connectivity index (χ0v) is 25.4. The Morgan fingerprint density at radius 1 is 0.818 bits per heavy atom. The number of thiol groups is 1. The molecule has 12 heteroatoms. The van der Waals surface area contributed by atoms with Crippen LogP contribution in [-0.4, -0.2) is 66.0 Å². The van der Waals surface area contributed by atoms with Crippen molar-refractivity contribution in [2.45, 2.75) is 64.3 Å². The highest BCUT2D eigenvalue weighted by molar-refractivity contribution is 7.84. The summed E-state index contributed by atoms with van der Waals surface area (Å²) in [5.74, 6) is -3.36. The van der Waals surface area contributed by atoms with E-state index < -0.39 is 67.0 Å². The molecule has 2 heterocycles. The van der Waals surface area contributed by atoms with E-state index in [0.29, 0.717) is 11.3 Å². The lowest BCUT2D eigenvalue weighted by molar-refractivity contribution is -0.268. The number of carbonyl (C=O) groups is 4. The van der Waals surface area contributed by atoms with E-state index in [9.17, 15) is 24.4 Å². The fourth-order valence-electron chi connectivity index (χ4n) is 5.26. The van der Waals surface area contributed by atoms with E-state index in [4.69, 9.17) is 36.3 Å². The molecular weight excluding hydrogens is 588 g/mol. The highest BCUT2D eigenvalue weighted by atomic mass is 32.1. The van der Waals surface area contributed by atoms with Gasteiger partial charge in [-0.2, -0.15) is 5.26 Å². The van der Waals surface area contributed by atoms with Crippen molar-refractivity contribution in [3.8, 4) is 6.07 Å². The maximum absolute atomic E-state index is 12.5.